The summed E-state index contributed by atoms with van der Waals surface area (Å²) >= 11 is 12.9. The van der Waals surface area contributed by atoms with Crippen LogP contribution in [0.3, 0.4) is 0 Å². The molecule has 1 unspecified atom stereocenters. The van der Waals surface area contributed by atoms with Gasteiger partial charge in [-0.25, -0.2) is 4.68 Å². The number of thioether (sulfide) groups is 1. The zero-order chi connectivity index (χ0) is 13.0. The standard InChI is InChI=1S/C11H14ClN3S2/c1-4-9(5-6-13)17-11(16)15-8(3)10(12)7(2)14-15/h9H,4-5H2,1-3H3. The van der Waals surface area contributed by atoms with E-state index in [1.165, 1.54) is 11.8 Å². The lowest BCUT2D eigenvalue weighted by Crippen LogP contribution is -2.13. The molecular weight excluding hydrogens is 274 g/mol. The molecule has 3 nitrogen and oxygen atoms in total. The Morgan fingerprint density at radius 3 is 2.71 bits per heavy atom. The van der Waals surface area contributed by atoms with Crippen LogP contribution in [0.5, 0.6) is 0 Å². The molecule has 0 radical (unpaired) electrons. The Hall–Kier alpha value is -0.570. The second-order valence-electron chi connectivity index (χ2n) is 3.67. The summed E-state index contributed by atoms with van der Waals surface area (Å²) in [4.78, 5) is 0. The molecule has 0 aliphatic rings. The normalized spacial score (nSPS) is 12.2. The minimum Gasteiger partial charge on any atom is -0.219 e. The maximum absolute atomic E-state index is 8.70. The first-order valence-electron chi connectivity index (χ1n) is 5.30. The Labute approximate surface area is 116 Å². The Morgan fingerprint density at radius 1 is 1.65 bits per heavy atom. The molecule has 6 heteroatoms. The molecule has 1 rings (SSSR count). The van der Waals surface area contributed by atoms with Gasteiger partial charge >= 0.3 is 0 Å². The van der Waals surface area contributed by atoms with Crippen LogP contribution >= 0.6 is 35.6 Å². The zero-order valence-corrected chi connectivity index (χ0v) is 12.4. The second-order valence-corrected chi connectivity index (χ2v) is 5.99. The maximum Gasteiger partial charge on any atom is 0.161 e. The Kier molecular flexibility index (Phi) is 5.44. The van der Waals surface area contributed by atoms with E-state index in [2.05, 4.69) is 11.2 Å². The number of aromatic nitrogens is 2. The predicted octanol–water partition coefficient (Wildman–Crippen LogP) is 3.71. The quantitative estimate of drug-likeness (QED) is 0.795. The van der Waals surface area contributed by atoms with Crippen molar-refractivity contribution in [3.8, 4) is 6.07 Å². The number of rotatable bonds is 3. The highest BCUT2D eigenvalue weighted by molar-refractivity contribution is 8.23. The molecule has 0 aromatic carbocycles. The van der Waals surface area contributed by atoms with Crippen LogP contribution in [0.25, 0.3) is 0 Å². The summed E-state index contributed by atoms with van der Waals surface area (Å²) in [6.45, 7) is 5.79. The Morgan fingerprint density at radius 2 is 2.29 bits per heavy atom. The predicted molar refractivity (Wildman–Crippen MR) is 76.6 cm³/mol. The van der Waals surface area contributed by atoms with Crippen LogP contribution < -0.4 is 0 Å². The first-order valence-corrected chi connectivity index (χ1v) is 6.97. The summed E-state index contributed by atoms with van der Waals surface area (Å²) in [6.07, 6.45) is 1.40. The number of nitrogens with zero attached hydrogens (tertiary/aromatic N) is 3. The summed E-state index contributed by atoms with van der Waals surface area (Å²) in [7, 11) is 0. The molecule has 0 aliphatic heterocycles. The molecule has 1 heterocycles. The Bertz CT molecular complexity index is 462. The van der Waals surface area contributed by atoms with Crippen LogP contribution in [0.4, 0.5) is 0 Å². The van der Waals surface area contributed by atoms with Crippen molar-refractivity contribution in [2.45, 2.75) is 38.9 Å². The lowest BCUT2D eigenvalue weighted by molar-refractivity contribution is 0.844. The Balaban J connectivity index is 2.83. The molecule has 0 fully saturated rings. The molecule has 0 saturated carbocycles. The minimum absolute atomic E-state index is 0.218. The average Bonchev–Trinajstić information content (AvgIpc) is 2.56. The second kappa shape index (κ2) is 6.39. The molecule has 0 aliphatic carbocycles. The van der Waals surface area contributed by atoms with Gasteiger partial charge in [0.25, 0.3) is 0 Å². The highest BCUT2D eigenvalue weighted by atomic mass is 35.5. The van der Waals surface area contributed by atoms with Gasteiger partial charge in [0.15, 0.2) is 4.32 Å². The molecule has 1 atom stereocenters. The topological polar surface area (TPSA) is 41.6 Å². The van der Waals surface area contributed by atoms with Gasteiger partial charge in [-0.2, -0.15) is 10.4 Å². The maximum atomic E-state index is 8.70. The van der Waals surface area contributed by atoms with Gasteiger partial charge in [-0.15, -0.1) is 0 Å². The van der Waals surface area contributed by atoms with Crippen molar-refractivity contribution < 1.29 is 0 Å². The zero-order valence-electron chi connectivity index (χ0n) is 10.0. The van der Waals surface area contributed by atoms with E-state index >= 15 is 0 Å². The first kappa shape index (κ1) is 14.5. The van der Waals surface area contributed by atoms with Crippen LogP contribution in [0.2, 0.25) is 5.02 Å². The van der Waals surface area contributed by atoms with Crippen LogP contribution in [-0.4, -0.2) is 19.4 Å². The van der Waals surface area contributed by atoms with Crippen molar-refractivity contribution in [3.05, 3.63) is 16.4 Å². The molecule has 1 aromatic heterocycles. The molecule has 1 aromatic rings. The number of hydrogen-bond acceptors (Lipinski definition) is 4. The third-order valence-electron chi connectivity index (χ3n) is 2.42. The fourth-order valence-corrected chi connectivity index (χ4v) is 2.96. The van der Waals surface area contributed by atoms with E-state index < -0.39 is 0 Å². The molecule has 0 amide bonds. The summed E-state index contributed by atoms with van der Waals surface area (Å²) in [5.74, 6) is 0. The monoisotopic (exact) mass is 287 g/mol. The summed E-state index contributed by atoms with van der Waals surface area (Å²) in [6, 6.07) is 2.17. The fraction of sp³-hybridized carbons (Fsp3) is 0.545. The van der Waals surface area contributed by atoms with E-state index in [4.69, 9.17) is 29.1 Å². The lowest BCUT2D eigenvalue weighted by atomic mass is 10.3. The van der Waals surface area contributed by atoms with Gasteiger partial charge in [0, 0.05) is 11.7 Å². The van der Waals surface area contributed by atoms with Gasteiger partial charge in [0.2, 0.25) is 0 Å². The third-order valence-corrected chi connectivity index (χ3v) is 4.63. The van der Waals surface area contributed by atoms with Gasteiger partial charge < -0.3 is 0 Å². The van der Waals surface area contributed by atoms with Crippen LogP contribution in [0.1, 0.15) is 31.2 Å². The number of hydrogen-bond donors (Lipinski definition) is 0. The van der Waals surface area contributed by atoms with Crippen molar-refractivity contribution >= 4 is 39.9 Å². The molecule has 92 valence electrons. The number of nitriles is 1. The van der Waals surface area contributed by atoms with Crippen LogP contribution in [0, 0.1) is 25.2 Å². The average molecular weight is 288 g/mol. The van der Waals surface area contributed by atoms with Crippen molar-refractivity contribution in [3.63, 3.8) is 0 Å². The SMILES string of the molecule is CCC(CC#N)SC(=S)n1nc(C)c(Cl)c1C. The highest BCUT2D eigenvalue weighted by Crippen LogP contribution is 2.25. The number of halogens is 1. The van der Waals surface area contributed by atoms with E-state index in [9.17, 15) is 0 Å². The van der Waals surface area contributed by atoms with Gasteiger partial charge in [-0.05, 0) is 20.3 Å². The fourth-order valence-electron chi connectivity index (χ4n) is 1.37. The number of aryl methyl sites for hydroxylation is 1. The smallest absolute Gasteiger partial charge is 0.161 e. The molecule has 17 heavy (non-hydrogen) atoms. The van der Waals surface area contributed by atoms with E-state index in [0.717, 1.165) is 17.8 Å². The largest absolute Gasteiger partial charge is 0.219 e. The molecule has 0 bridgehead atoms. The van der Waals surface area contributed by atoms with E-state index in [1.807, 2.05) is 20.8 Å². The molecular formula is C11H14ClN3S2. The van der Waals surface area contributed by atoms with Gasteiger partial charge in [0.05, 0.1) is 22.5 Å². The van der Waals surface area contributed by atoms with Gasteiger partial charge in [-0.3, -0.25) is 0 Å². The molecule has 0 saturated heterocycles. The van der Waals surface area contributed by atoms with Gasteiger partial charge in [0.1, 0.15) is 0 Å². The summed E-state index contributed by atoms with van der Waals surface area (Å²) in [5.41, 5.74) is 1.63. The summed E-state index contributed by atoms with van der Waals surface area (Å²) in [5, 5.41) is 13.9. The molecule has 0 spiro atoms. The van der Waals surface area contributed by atoms with Crippen molar-refractivity contribution in [1.29, 1.82) is 5.26 Å². The van der Waals surface area contributed by atoms with E-state index in [1.54, 1.807) is 4.68 Å². The van der Waals surface area contributed by atoms with Crippen LogP contribution in [-0.2, 0) is 0 Å². The molecule has 0 N–H and O–H groups in total. The first-order chi connectivity index (χ1) is 8.01. The van der Waals surface area contributed by atoms with Crippen molar-refractivity contribution in [2.75, 3.05) is 0 Å². The van der Waals surface area contributed by atoms with Gasteiger partial charge in [-0.1, -0.05) is 42.5 Å². The third kappa shape index (κ3) is 3.44. The number of thiocarbonyl (C=S) groups is 1. The summed E-state index contributed by atoms with van der Waals surface area (Å²) < 4.78 is 2.33. The van der Waals surface area contributed by atoms with E-state index in [0.29, 0.717) is 15.8 Å². The highest BCUT2D eigenvalue weighted by Gasteiger charge is 2.16. The lowest BCUT2D eigenvalue weighted by Gasteiger charge is -2.12. The minimum atomic E-state index is 0.218. The van der Waals surface area contributed by atoms with Crippen LogP contribution in [0.15, 0.2) is 0 Å². The van der Waals surface area contributed by atoms with E-state index in [-0.39, 0.29) is 5.25 Å². The van der Waals surface area contributed by atoms with Crippen molar-refractivity contribution in [1.82, 2.24) is 9.78 Å². The van der Waals surface area contributed by atoms with Crippen molar-refractivity contribution in [2.24, 2.45) is 0 Å².